The van der Waals surface area contributed by atoms with Gasteiger partial charge in [-0.05, 0) is 15.9 Å². The van der Waals surface area contributed by atoms with E-state index in [0.29, 0.717) is 0 Å². The SMILES string of the molecule is Nc1ncnc2c1nc(Br)n2[C@@H]1O[C@H](COP(=O)(O)OP(=O)(O)OP(=O)(O)O)[C@@H](O)[C@H]1O.[Na]. The third-order valence-electron chi connectivity index (χ3n) is 3.87. The van der Waals surface area contributed by atoms with Crippen LogP contribution in [0.4, 0.5) is 5.82 Å². The first-order valence-electron chi connectivity index (χ1n) is 8.04. The van der Waals surface area contributed by atoms with Crippen LogP contribution in [0.2, 0.25) is 0 Å². The molecule has 0 bridgehead atoms. The molecular formula is C10H15BrN5NaO13P3. The van der Waals surface area contributed by atoms with Gasteiger partial charge in [0.05, 0.1) is 6.61 Å². The van der Waals surface area contributed by atoms with Gasteiger partial charge in [-0.3, -0.25) is 9.09 Å². The second kappa shape index (κ2) is 10.6. The summed E-state index contributed by atoms with van der Waals surface area (Å²) in [7, 11) is -16.7. The molecule has 0 aromatic carbocycles. The van der Waals surface area contributed by atoms with E-state index in [4.69, 9.17) is 25.2 Å². The van der Waals surface area contributed by atoms with E-state index in [1.54, 1.807) is 0 Å². The zero-order valence-electron chi connectivity index (χ0n) is 16.2. The van der Waals surface area contributed by atoms with Gasteiger partial charge in [0.25, 0.3) is 0 Å². The van der Waals surface area contributed by atoms with Gasteiger partial charge >= 0.3 is 23.5 Å². The van der Waals surface area contributed by atoms with E-state index in [2.05, 4.69) is 44.0 Å². The van der Waals surface area contributed by atoms with Gasteiger partial charge in [-0.2, -0.15) is 8.62 Å². The first-order valence-corrected chi connectivity index (χ1v) is 13.4. The Labute approximate surface area is 213 Å². The monoisotopic (exact) mass is 608 g/mol. The van der Waals surface area contributed by atoms with Crippen molar-refractivity contribution in [1.29, 1.82) is 0 Å². The van der Waals surface area contributed by atoms with E-state index < -0.39 is 54.6 Å². The number of aliphatic hydroxyl groups is 2. The Bertz CT molecular complexity index is 1160. The van der Waals surface area contributed by atoms with Crippen molar-refractivity contribution in [2.24, 2.45) is 0 Å². The largest absolute Gasteiger partial charge is 0.490 e. The maximum Gasteiger partial charge on any atom is 0.490 e. The molecule has 33 heavy (non-hydrogen) atoms. The Kier molecular flexibility index (Phi) is 9.45. The van der Waals surface area contributed by atoms with Gasteiger partial charge in [-0.1, -0.05) is 0 Å². The fourth-order valence-corrected chi connectivity index (χ4v) is 6.25. The number of halogens is 1. The Morgan fingerprint density at radius 1 is 1.09 bits per heavy atom. The number of ether oxygens (including phenoxy) is 1. The average Bonchev–Trinajstić information content (AvgIpc) is 3.08. The first kappa shape index (κ1) is 29.4. The van der Waals surface area contributed by atoms with Gasteiger partial charge in [0.1, 0.15) is 24.6 Å². The van der Waals surface area contributed by atoms with Crippen LogP contribution < -0.4 is 5.73 Å². The van der Waals surface area contributed by atoms with Gasteiger partial charge in [0.15, 0.2) is 27.9 Å². The quantitative estimate of drug-likeness (QED) is 0.105. The molecule has 0 amide bonds. The molecule has 1 saturated heterocycles. The summed E-state index contributed by atoms with van der Waals surface area (Å²) in [5.74, 6) is 0.0201. The third-order valence-corrected chi connectivity index (χ3v) is 8.23. The molecule has 1 aliphatic heterocycles. The number of imidazole rings is 1. The molecule has 2 aromatic heterocycles. The molecule has 0 spiro atoms. The molecule has 23 heteroatoms. The number of hydrogen-bond acceptors (Lipinski definition) is 13. The number of nitrogens with zero attached hydrogens (tertiary/aromatic N) is 4. The third kappa shape index (κ3) is 7.09. The topological polar surface area (TPSA) is 279 Å². The van der Waals surface area contributed by atoms with Crippen LogP contribution in [0.3, 0.4) is 0 Å². The number of rotatable bonds is 8. The second-order valence-electron chi connectivity index (χ2n) is 6.11. The molecule has 2 aromatic rings. The standard InChI is InChI=1S/C10H15BrN5O13P3.Na/c11-10-15-4-7(12)13-2-14-8(4)16(10)9-6(18)5(17)3(27-9)1-26-31(22,23)29-32(24,25)28-30(19,20)21;/h2-3,5-6,9,17-18H,1H2,(H,22,23)(H,24,25)(H2,12,13,14)(H2,19,20,21);/t3-,5-,6-,9-;/m1./s1. The average molecular weight is 609 g/mol. The molecule has 1 fully saturated rings. The van der Waals surface area contributed by atoms with Crippen molar-refractivity contribution < 1.29 is 61.4 Å². The van der Waals surface area contributed by atoms with Crippen molar-refractivity contribution in [3.8, 4) is 0 Å². The molecule has 8 N–H and O–H groups in total. The first-order chi connectivity index (χ1) is 14.6. The molecule has 18 nitrogen and oxygen atoms in total. The van der Waals surface area contributed by atoms with Crippen LogP contribution in [0, 0.1) is 0 Å². The van der Waals surface area contributed by atoms with Gasteiger partial charge in [-0.15, -0.1) is 0 Å². The second-order valence-corrected chi connectivity index (χ2v) is 11.2. The summed E-state index contributed by atoms with van der Waals surface area (Å²) in [6.07, 6.45) is -5.03. The summed E-state index contributed by atoms with van der Waals surface area (Å²) in [5, 5.41) is 20.6. The summed E-state index contributed by atoms with van der Waals surface area (Å²) < 4.78 is 52.2. The minimum atomic E-state index is -5.71. The number of phosphoric ester groups is 1. The predicted molar refractivity (Wildman–Crippen MR) is 109 cm³/mol. The number of nitrogens with two attached hydrogens (primary N) is 1. The normalized spacial score (nSPS) is 27.1. The number of aromatic nitrogens is 4. The van der Waals surface area contributed by atoms with Crippen LogP contribution in [0.15, 0.2) is 11.1 Å². The molecule has 181 valence electrons. The van der Waals surface area contributed by atoms with Crippen molar-refractivity contribution >= 4 is 85.9 Å². The molecule has 3 heterocycles. The molecule has 1 radical (unpaired) electrons. The maximum atomic E-state index is 11.8. The van der Waals surface area contributed by atoms with Crippen molar-refractivity contribution in [2.45, 2.75) is 24.5 Å². The van der Waals surface area contributed by atoms with Crippen LogP contribution in [0.5, 0.6) is 0 Å². The van der Waals surface area contributed by atoms with Crippen LogP contribution in [0.1, 0.15) is 6.23 Å². The van der Waals surface area contributed by atoms with Crippen LogP contribution in [-0.4, -0.2) is 104 Å². The Hall–Kier alpha value is 0.120. The molecule has 0 saturated carbocycles. The van der Waals surface area contributed by atoms with Crippen LogP contribution >= 0.6 is 39.4 Å². The van der Waals surface area contributed by atoms with Crippen LogP contribution in [-0.2, 0) is 31.6 Å². The molecule has 2 unspecified atom stereocenters. The van der Waals surface area contributed by atoms with Gasteiger partial charge in [-0.25, -0.2) is 28.6 Å². The predicted octanol–water partition coefficient (Wildman–Crippen LogP) is -1.25. The number of anilines is 1. The van der Waals surface area contributed by atoms with E-state index in [0.717, 1.165) is 6.33 Å². The molecule has 0 aliphatic carbocycles. The molecule has 1 aliphatic rings. The summed E-state index contributed by atoms with van der Waals surface area (Å²) in [6, 6.07) is 0. The number of aliphatic hydroxyl groups excluding tert-OH is 2. The minimum Gasteiger partial charge on any atom is -0.387 e. The van der Waals surface area contributed by atoms with Crippen molar-refractivity contribution in [2.75, 3.05) is 12.3 Å². The number of fused-ring (bicyclic) bond motifs is 1. The Morgan fingerprint density at radius 3 is 2.33 bits per heavy atom. The Morgan fingerprint density at radius 2 is 1.73 bits per heavy atom. The number of phosphoric acid groups is 3. The van der Waals surface area contributed by atoms with Gasteiger partial charge in [0.2, 0.25) is 0 Å². The molecule has 3 rings (SSSR count). The van der Waals surface area contributed by atoms with Crippen molar-refractivity contribution in [3.63, 3.8) is 0 Å². The number of nitrogen functional groups attached to an aromatic ring is 1. The summed E-state index contributed by atoms with van der Waals surface area (Å²) >= 11 is 3.13. The summed E-state index contributed by atoms with van der Waals surface area (Å²) in [6.45, 7) is -0.972. The summed E-state index contributed by atoms with van der Waals surface area (Å²) in [5.41, 5.74) is 5.99. The van der Waals surface area contributed by atoms with Gasteiger partial charge < -0.3 is 40.3 Å². The number of hydrogen-bond donors (Lipinski definition) is 7. The van der Waals surface area contributed by atoms with Crippen LogP contribution in [0.25, 0.3) is 11.2 Å². The smallest absolute Gasteiger partial charge is 0.387 e. The summed E-state index contributed by atoms with van der Waals surface area (Å²) in [4.78, 5) is 47.5. The Balaban J connectivity index is 0.00000385. The zero-order chi connectivity index (χ0) is 24.1. The molecular weight excluding hydrogens is 594 g/mol. The van der Waals surface area contributed by atoms with Gasteiger partial charge in [0, 0.05) is 29.6 Å². The minimum absolute atomic E-state index is 0. The van der Waals surface area contributed by atoms with E-state index >= 15 is 0 Å². The van der Waals surface area contributed by atoms with E-state index in [1.165, 1.54) is 4.57 Å². The zero-order valence-corrected chi connectivity index (χ0v) is 22.5. The van der Waals surface area contributed by atoms with E-state index in [-0.39, 0.29) is 51.3 Å². The van der Waals surface area contributed by atoms with E-state index in [1.807, 2.05) is 0 Å². The fourth-order valence-electron chi connectivity index (χ4n) is 2.68. The molecule has 6 atom stereocenters. The fraction of sp³-hybridized carbons (Fsp3) is 0.500. The van der Waals surface area contributed by atoms with E-state index in [9.17, 15) is 28.8 Å². The maximum absolute atomic E-state index is 11.8. The van der Waals surface area contributed by atoms with Crippen molar-refractivity contribution in [3.05, 3.63) is 11.1 Å². The van der Waals surface area contributed by atoms with Crippen molar-refractivity contribution in [1.82, 2.24) is 19.5 Å².